The van der Waals surface area contributed by atoms with E-state index in [0.717, 1.165) is 24.2 Å². The summed E-state index contributed by atoms with van der Waals surface area (Å²) in [7, 11) is 2.06. The molecule has 1 aromatic heterocycles. The van der Waals surface area contributed by atoms with Crippen LogP contribution in [0.3, 0.4) is 0 Å². The summed E-state index contributed by atoms with van der Waals surface area (Å²) < 4.78 is 0. The van der Waals surface area contributed by atoms with Gasteiger partial charge < -0.3 is 9.88 Å². The van der Waals surface area contributed by atoms with Crippen molar-refractivity contribution in [2.45, 2.75) is 18.8 Å². The Morgan fingerprint density at radius 3 is 3.13 bits per heavy atom. The molecule has 0 amide bonds. The van der Waals surface area contributed by atoms with Crippen LogP contribution in [0.1, 0.15) is 29.4 Å². The number of nitrogens with zero attached hydrogens (tertiary/aromatic N) is 1. The van der Waals surface area contributed by atoms with Crippen molar-refractivity contribution in [3.8, 4) is 0 Å². The van der Waals surface area contributed by atoms with Gasteiger partial charge >= 0.3 is 0 Å². The molecule has 78 valence electrons. The fourth-order valence-corrected chi connectivity index (χ4v) is 2.83. The van der Waals surface area contributed by atoms with Gasteiger partial charge in [0.2, 0.25) is 5.78 Å². The van der Waals surface area contributed by atoms with Gasteiger partial charge in [-0.15, -0.1) is 0 Å². The number of likely N-dealkylation sites (tertiary alicyclic amines) is 1. The monoisotopic (exact) mass is 202 g/mol. The minimum Gasteiger partial charge on any atom is -0.377 e. The van der Waals surface area contributed by atoms with Crippen LogP contribution in [0.2, 0.25) is 0 Å². The Bertz CT molecular complexity index is 472. The second-order valence-corrected chi connectivity index (χ2v) is 4.66. The molecular formula is C12H14N2O. The van der Waals surface area contributed by atoms with Crippen LogP contribution in [-0.2, 0) is 5.41 Å². The minimum atomic E-state index is 0.0397. The van der Waals surface area contributed by atoms with E-state index in [-0.39, 0.29) is 11.2 Å². The molecule has 2 heterocycles. The summed E-state index contributed by atoms with van der Waals surface area (Å²) in [4.78, 5) is 17.1. The molecule has 1 fully saturated rings. The van der Waals surface area contributed by atoms with Crippen molar-refractivity contribution >= 4 is 5.78 Å². The summed E-state index contributed by atoms with van der Waals surface area (Å²) in [5, 5.41) is 0. The molecule has 1 saturated heterocycles. The number of rotatable bonds is 0. The van der Waals surface area contributed by atoms with Crippen molar-refractivity contribution < 1.29 is 4.79 Å². The molecule has 1 atom stereocenters. The molecule has 1 aliphatic heterocycles. The number of aromatic amines is 1. The number of H-pyrrole nitrogens is 1. The van der Waals surface area contributed by atoms with E-state index >= 15 is 0 Å². The van der Waals surface area contributed by atoms with Crippen molar-refractivity contribution in [1.82, 2.24) is 9.88 Å². The first kappa shape index (κ1) is 8.77. The van der Waals surface area contributed by atoms with Crippen molar-refractivity contribution in [2.24, 2.45) is 0 Å². The Labute approximate surface area is 88.8 Å². The molecule has 0 radical (unpaired) electrons. The highest BCUT2D eigenvalue weighted by molar-refractivity contribution is 6.06. The van der Waals surface area contributed by atoms with Gasteiger partial charge in [0, 0.05) is 37.0 Å². The van der Waals surface area contributed by atoms with E-state index in [4.69, 9.17) is 0 Å². The van der Waals surface area contributed by atoms with Gasteiger partial charge in [-0.25, -0.2) is 0 Å². The normalized spacial score (nSPS) is 28.8. The zero-order chi connectivity index (χ0) is 10.6. The second-order valence-electron chi connectivity index (χ2n) is 4.66. The lowest BCUT2D eigenvalue weighted by Gasteiger charge is -2.30. The third-order valence-electron chi connectivity index (χ3n) is 3.78. The number of allylic oxidation sites excluding steroid dienone is 2. The maximum atomic E-state index is 11.8. The van der Waals surface area contributed by atoms with Crippen LogP contribution in [0, 0.1) is 0 Å². The van der Waals surface area contributed by atoms with Crippen LogP contribution in [0.5, 0.6) is 0 Å². The molecule has 15 heavy (non-hydrogen) atoms. The number of nitrogens with one attached hydrogen (secondary N) is 1. The van der Waals surface area contributed by atoms with Crippen LogP contribution >= 0.6 is 0 Å². The third kappa shape index (κ3) is 0.928. The van der Waals surface area contributed by atoms with Crippen LogP contribution in [0.15, 0.2) is 24.0 Å². The molecular weight excluding hydrogens is 188 g/mol. The lowest BCUT2D eigenvalue weighted by atomic mass is 9.75. The van der Waals surface area contributed by atoms with Gasteiger partial charge in [0.25, 0.3) is 0 Å². The third-order valence-corrected chi connectivity index (χ3v) is 3.78. The molecule has 1 N–H and O–H groups in total. The van der Waals surface area contributed by atoms with Gasteiger partial charge in [-0.1, -0.05) is 0 Å². The highest BCUT2D eigenvalue weighted by Crippen LogP contribution is 2.45. The molecule has 3 nitrogen and oxygen atoms in total. The average molecular weight is 202 g/mol. The van der Waals surface area contributed by atoms with Gasteiger partial charge in [-0.2, -0.15) is 0 Å². The summed E-state index contributed by atoms with van der Waals surface area (Å²) in [5.74, 6) is 0.108. The number of aromatic nitrogens is 1. The van der Waals surface area contributed by atoms with E-state index in [1.807, 2.05) is 12.3 Å². The minimum absolute atomic E-state index is 0.0397. The van der Waals surface area contributed by atoms with E-state index in [1.165, 1.54) is 5.70 Å². The fourth-order valence-electron chi connectivity index (χ4n) is 2.83. The molecule has 0 aromatic carbocycles. The lowest BCUT2D eigenvalue weighted by Crippen LogP contribution is -2.29. The van der Waals surface area contributed by atoms with Crippen LogP contribution < -0.4 is 0 Å². The van der Waals surface area contributed by atoms with Crippen molar-refractivity contribution in [2.75, 3.05) is 13.6 Å². The molecule has 0 saturated carbocycles. The zero-order valence-electron chi connectivity index (χ0n) is 9.00. The standard InChI is InChI=1S/C12H14N2O/c1-12-4-6-14(2)10(12)7-9(15)11-8(12)3-5-13-11/h3,5,7,13H,4,6H2,1-2H3. The van der Waals surface area contributed by atoms with E-state index < -0.39 is 0 Å². The smallest absolute Gasteiger partial charge is 0.204 e. The zero-order valence-corrected chi connectivity index (χ0v) is 9.00. The fraction of sp³-hybridized carbons (Fsp3) is 0.417. The largest absolute Gasteiger partial charge is 0.377 e. The molecule has 1 aliphatic carbocycles. The van der Waals surface area contributed by atoms with Crippen molar-refractivity contribution in [1.29, 1.82) is 0 Å². The first-order valence-electron chi connectivity index (χ1n) is 5.28. The molecule has 0 bridgehead atoms. The number of hydrogen-bond acceptors (Lipinski definition) is 2. The number of hydrogen-bond donors (Lipinski definition) is 1. The van der Waals surface area contributed by atoms with Gasteiger partial charge in [0.05, 0.1) is 5.69 Å². The van der Waals surface area contributed by atoms with E-state index in [0.29, 0.717) is 0 Å². The molecule has 2 aliphatic rings. The van der Waals surface area contributed by atoms with Gasteiger partial charge in [0.15, 0.2) is 0 Å². The Balaban J connectivity index is 2.26. The Hall–Kier alpha value is -1.51. The first-order chi connectivity index (χ1) is 7.13. The molecule has 0 spiro atoms. The number of fused-ring (bicyclic) bond motifs is 3. The lowest BCUT2D eigenvalue weighted by molar-refractivity contribution is 0.103. The maximum Gasteiger partial charge on any atom is 0.204 e. The van der Waals surface area contributed by atoms with Crippen molar-refractivity contribution in [3.05, 3.63) is 35.3 Å². The predicted molar refractivity (Wildman–Crippen MR) is 57.8 cm³/mol. The highest BCUT2D eigenvalue weighted by Gasteiger charge is 2.44. The molecule has 3 heteroatoms. The van der Waals surface area contributed by atoms with E-state index in [1.54, 1.807) is 6.08 Å². The van der Waals surface area contributed by atoms with E-state index in [9.17, 15) is 4.79 Å². The van der Waals surface area contributed by atoms with Crippen molar-refractivity contribution in [3.63, 3.8) is 0 Å². The van der Waals surface area contributed by atoms with Crippen LogP contribution in [0.25, 0.3) is 0 Å². The van der Waals surface area contributed by atoms with E-state index in [2.05, 4.69) is 23.9 Å². The van der Waals surface area contributed by atoms with Gasteiger partial charge in [-0.05, 0) is 25.0 Å². The Morgan fingerprint density at radius 2 is 2.33 bits per heavy atom. The Morgan fingerprint density at radius 1 is 1.53 bits per heavy atom. The quantitative estimate of drug-likeness (QED) is 0.695. The summed E-state index contributed by atoms with van der Waals surface area (Å²) >= 11 is 0. The number of carbonyl (C=O) groups is 1. The molecule has 1 aromatic rings. The number of carbonyl (C=O) groups excluding carboxylic acids is 1. The highest BCUT2D eigenvalue weighted by atomic mass is 16.1. The average Bonchev–Trinajstić information content (AvgIpc) is 2.78. The maximum absolute atomic E-state index is 11.8. The number of ketones is 1. The summed E-state index contributed by atoms with van der Waals surface area (Å²) in [6.07, 6.45) is 4.74. The SMILES string of the molecule is CN1CCC2(C)C1=CC(=O)c1[nH]ccc12. The molecule has 1 unspecified atom stereocenters. The topological polar surface area (TPSA) is 36.1 Å². The van der Waals surface area contributed by atoms with Crippen LogP contribution in [-0.4, -0.2) is 29.3 Å². The summed E-state index contributed by atoms with van der Waals surface area (Å²) in [6.45, 7) is 3.25. The van der Waals surface area contributed by atoms with Gasteiger partial charge in [0.1, 0.15) is 0 Å². The summed E-state index contributed by atoms with van der Waals surface area (Å²) in [6, 6.07) is 2.04. The van der Waals surface area contributed by atoms with Crippen LogP contribution in [0.4, 0.5) is 0 Å². The first-order valence-corrected chi connectivity index (χ1v) is 5.28. The number of likely N-dealkylation sites (N-methyl/N-ethyl adjacent to an activating group) is 1. The summed E-state index contributed by atoms with van der Waals surface area (Å²) in [5.41, 5.74) is 3.14. The van der Waals surface area contributed by atoms with Gasteiger partial charge in [-0.3, -0.25) is 4.79 Å². The molecule has 3 rings (SSSR count). The predicted octanol–water partition coefficient (Wildman–Crippen LogP) is 1.69. The Kier molecular flexibility index (Phi) is 1.48. The second kappa shape index (κ2) is 2.54.